The van der Waals surface area contributed by atoms with Crippen molar-refractivity contribution in [1.82, 2.24) is 4.90 Å². The number of hydrogen-bond acceptors (Lipinski definition) is 5. The first kappa shape index (κ1) is 13.1. The van der Waals surface area contributed by atoms with Crippen LogP contribution in [0.3, 0.4) is 0 Å². The van der Waals surface area contributed by atoms with Gasteiger partial charge in [0.1, 0.15) is 11.3 Å². The molecule has 3 rings (SSSR count). The zero-order valence-corrected chi connectivity index (χ0v) is 11.2. The maximum absolute atomic E-state index is 11.5. The van der Waals surface area contributed by atoms with Crippen LogP contribution in [0.4, 0.5) is 0 Å². The molecule has 5 nitrogen and oxygen atoms in total. The lowest BCUT2D eigenvalue weighted by Gasteiger charge is -2.23. The SMILES string of the molecule is CN1CCC(c2cccc3c(O)cc(=O)oc23)C1CO. The number of fused-ring (bicyclic) bond motifs is 1. The van der Waals surface area contributed by atoms with Gasteiger partial charge in [-0.2, -0.15) is 0 Å². The minimum atomic E-state index is -0.561. The van der Waals surface area contributed by atoms with Gasteiger partial charge in [-0.1, -0.05) is 12.1 Å². The highest BCUT2D eigenvalue weighted by Gasteiger charge is 2.34. The van der Waals surface area contributed by atoms with E-state index in [0.29, 0.717) is 11.0 Å². The number of rotatable bonds is 2. The van der Waals surface area contributed by atoms with E-state index in [1.165, 1.54) is 0 Å². The van der Waals surface area contributed by atoms with E-state index in [-0.39, 0.29) is 24.3 Å². The predicted octanol–water partition coefficient (Wildman–Crippen LogP) is 1.28. The van der Waals surface area contributed by atoms with Gasteiger partial charge in [0.2, 0.25) is 0 Å². The van der Waals surface area contributed by atoms with Gasteiger partial charge in [-0.05, 0) is 26.1 Å². The summed E-state index contributed by atoms with van der Waals surface area (Å²) >= 11 is 0. The average Bonchev–Trinajstić information content (AvgIpc) is 2.79. The van der Waals surface area contributed by atoms with Crippen LogP contribution in [-0.4, -0.2) is 41.4 Å². The maximum atomic E-state index is 11.5. The van der Waals surface area contributed by atoms with Crippen LogP contribution in [0.5, 0.6) is 5.75 Å². The van der Waals surface area contributed by atoms with Gasteiger partial charge in [-0.15, -0.1) is 0 Å². The Morgan fingerprint density at radius 1 is 1.45 bits per heavy atom. The summed E-state index contributed by atoms with van der Waals surface area (Å²) in [4.78, 5) is 13.6. The highest BCUT2D eigenvalue weighted by atomic mass is 16.4. The van der Waals surface area contributed by atoms with Gasteiger partial charge < -0.3 is 19.5 Å². The Labute approximate surface area is 116 Å². The molecule has 0 spiro atoms. The number of aliphatic hydroxyl groups is 1. The monoisotopic (exact) mass is 275 g/mol. The molecule has 5 heteroatoms. The third-order valence-corrected chi connectivity index (χ3v) is 4.19. The number of likely N-dealkylation sites (tertiary alicyclic amines) is 1. The van der Waals surface area contributed by atoms with E-state index in [9.17, 15) is 15.0 Å². The largest absolute Gasteiger partial charge is 0.507 e. The van der Waals surface area contributed by atoms with Crippen LogP contribution in [0.2, 0.25) is 0 Å². The molecule has 2 aromatic rings. The molecule has 2 N–H and O–H groups in total. The van der Waals surface area contributed by atoms with Crippen molar-refractivity contribution >= 4 is 11.0 Å². The lowest BCUT2D eigenvalue weighted by molar-refractivity contribution is 0.172. The van der Waals surface area contributed by atoms with Crippen molar-refractivity contribution in [2.45, 2.75) is 18.4 Å². The number of aromatic hydroxyl groups is 1. The zero-order chi connectivity index (χ0) is 14.3. The van der Waals surface area contributed by atoms with Gasteiger partial charge in [0, 0.05) is 17.5 Å². The lowest BCUT2D eigenvalue weighted by atomic mass is 9.90. The number of benzene rings is 1. The van der Waals surface area contributed by atoms with Crippen LogP contribution in [0, 0.1) is 0 Å². The molecule has 0 aliphatic carbocycles. The second kappa shape index (κ2) is 4.92. The Hall–Kier alpha value is -1.85. The molecule has 1 aromatic heterocycles. The van der Waals surface area contributed by atoms with Crippen molar-refractivity contribution in [3.63, 3.8) is 0 Å². The summed E-state index contributed by atoms with van der Waals surface area (Å²) in [7, 11) is 1.97. The smallest absolute Gasteiger partial charge is 0.339 e. The summed E-state index contributed by atoms with van der Waals surface area (Å²) in [5, 5.41) is 20.0. The molecular weight excluding hydrogens is 258 g/mol. The van der Waals surface area contributed by atoms with Crippen molar-refractivity contribution in [3.05, 3.63) is 40.2 Å². The van der Waals surface area contributed by atoms with Gasteiger partial charge in [0.25, 0.3) is 0 Å². The first-order valence-corrected chi connectivity index (χ1v) is 6.68. The molecule has 0 saturated carbocycles. The summed E-state index contributed by atoms with van der Waals surface area (Å²) in [6.07, 6.45) is 0.889. The first-order chi connectivity index (χ1) is 9.61. The van der Waals surface area contributed by atoms with Crippen LogP contribution in [0.1, 0.15) is 17.9 Å². The fraction of sp³-hybridized carbons (Fsp3) is 0.400. The summed E-state index contributed by atoms with van der Waals surface area (Å²) in [6.45, 7) is 0.940. The number of nitrogens with zero attached hydrogens (tertiary/aromatic N) is 1. The van der Waals surface area contributed by atoms with Crippen LogP contribution in [0.15, 0.2) is 33.5 Å². The van der Waals surface area contributed by atoms with E-state index < -0.39 is 5.63 Å². The Bertz CT molecular complexity index is 694. The first-order valence-electron chi connectivity index (χ1n) is 6.68. The third-order valence-electron chi connectivity index (χ3n) is 4.19. The maximum Gasteiger partial charge on any atom is 0.339 e. The van der Waals surface area contributed by atoms with Crippen molar-refractivity contribution in [2.75, 3.05) is 20.2 Å². The Morgan fingerprint density at radius 3 is 3.00 bits per heavy atom. The summed E-state index contributed by atoms with van der Waals surface area (Å²) in [5.41, 5.74) is 0.740. The molecule has 2 unspecified atom stereocenters. The average molecular weight is 275 g/mol. The van der Waals surface area contributed by atoms with Gasteiger partial charge in [-0.25, -0.2) is 4.79 Å². The van der Waals surface area contributed by atoms with Crippen LogP contribution < -0.4 is 5.63 Å². The Kier molecular flexibility index (Phi) is 3.23. The molecule has 1 aliphatic rings. The minimum Gasteiger partial charge on any atom is -0.507 e. The summed E-state index contributed by atoms with van der Waals surface area (Å²) in [6, 6.07) is 6.55. The normalized spacial score (nSPS) is 23.5. The molecule has 20 heavy (non-hydrogen) atoms. The number of para-hydroxylation sites is 1. The number of aliphatic hydroxyl groups excluding tert-OH is 1. The standard InChI is InChI=1S/C15H17NO4/c1-16-6-5-9(12(16)8-17)10-3-2-4-11-13(18)7-14(19)20-15(10)11/h2-4,7,9,12,17-18H,5-6,8H2,1H3. The van der Waals surface area contributed by atoms with Gasteiger partial charge in [0.05, 0.1) is 18.1 Å². The number of hydrogen-bond donors (Lipinski definition) is 2. The topological polar surface area (TPSA) is 73.9 Å². The van der Waals surface area contributed by atoms with Crippen LogP contribution in [0.25, 0.3) is 11.0 Å². The quantitative estimate of drug-likeness (QED) is 0.808. The molecule has 1 saturated heterocycles. The van der Waals surface area contributed by atoms with Crippen molar-refractivity contribution in [1.29, 1.82) is 0 Å². The van der Waals surface area contributed by atoms with Crippen molar-refractivity contribution in [2.24, 2.45) is 0 Å². The van der Waals surface area contributed by atoms with Crippen molar-refractivity contribution < 1.29 is 14.6 Å². The second-order valence-corrected chi connectivity index (χ2v) is 5.30. The van der Waals surface area contributed by atoms with Crippen LogP contribution >= 0.6 is 0 Å². The zero-order valence-electron chi connectivity index (χ0n) is 11.2. The van der Waals surface area contributed by atoms with E-state index in [0.717, 1.165) is 24.6 Å². The van der Waals surface area contributed by atoms with E-state index in [4.69, 9.17) is 4.42 Å². The number of likely N-dealkylation sites (N-methyl/N-ethyl adjacent to an activating group) is 1. The highest BCUT2D eigenvalue weighted by molar-refractivity contribution is 5.85. The van der Waals surface area contributed by atoms with Crippen molar-refractivity contribution in [3.8, 4) is 5.75 Å². The molecule has 2 heterocycles. The van der Waals surface area contributed by atoms with Crippen LogP contribution in [-0.2, 0) is 0 Å². The molecule has 0 radical (unpaired) electrons. The van der Waals surface area contributed by atoms with E-state index in [2.05, 4.69) is 4.90 Å². The molecular formula is C15H17NO4. The molecule has 1 aliphatic heterocycles. The van der Waals surface area contributed by atoms with E-state index in [1.807, 2.05) is 19.2 Å². The minimum absolute atomic E-state index is 0.00764. The molecule has 1 aromatic carbocycles. The molecule has 0 amide bonds. The highest BCUT2D eigenvalue weighted by Crippen LogP contribution is 2.37. The summed E-state index contributed by atoms with van der Waals surface area (Å²) < 4.78 is 5.30. The third kappa shape index (κ3) is 1.99. The predicted molar refractivity (Wildman–Crippen MR) is 75.0 cm³/mol. The van der Waals surface area contributed by atoms with E-state index in [1.54, 1.807) is 6.07 Å². The lowest BCUT2D eigenvalue weighted by Crippen LogP contribution is -2.31. The fourth-order valence-electron chi connectivity index (χ4n) is 3.12. The molecule has 106 valence electrons. The Balaban J connectivity index is 2.19. The van der Waals surface area contributed by atoms with Gasteiger partial charge >= 0.3 is 5.63 Å². The Morgan fingerprint density at radius 2 is 2.25 bits per heavy atom. The van der Waals surface area contributed by atoms with E-state index >= 15 is 0 Å². The second-order valence-electron chi connectivity index (χ2n) is 5.30. The molecule has 1 fully saturated rings. The van der Waals surface area contributed by atoms with Gasteiger partial charge in [0.15, 0.2) is 0 Å². The summed E-state index contributed by atoms with van der Waals surface area (Å²) in [5.74, 6) is 0.0312. The van der Waals surface area contributed by atoms with Gasteiger partial charge in [-0.3, -0.25) is 0 Å². The fourth-order valence-corrected chi connectivity index (χ4v) is 3.12. The molecule has 2 atom stereocenters. The molecule has 0 bridgehead atoms.